The summed E-state index contributed by atoms with van der Waals surface area (Å²) in [6.45, 7) is 0. The topological polar surface area (TPSA) is 52.3 Å². The molecule has 2 N–H and O–H groups in total. The molecule has 0 atom stereocenters. The van der Waals surface area contributed by atoms with Gasteiger partial charge in [0.05, 0.1) is 0 Å². The number of carbonyl (C=O) groups is 1. The molecule has 0 fully saturated rings. The number of primary amides is 1. The van der Waals surface area contributed by atoms with E-state index in [1.54, 1.807) is 0 Å². The van der Waals surface area contributed by atoms with Gasteiger partial charge in [-0.15, -0.1) is 0 Å². The van der Waals surface area contributed by atoms with E-state index in [1.807, 2.05) is 0 Å². The zero-order valence-corrected chi connectivity index (χ0v) is 11.1. The van der Waals surface area contributed by atoms with E-state index in [2.05, 4.69) is 15.9 Å². The fourth-order valence-electron chi connectivity index (χ4n) is 1.50. The molecule has 0 aliphatic rings. The molecular weight excluding hydrogens is 320 g/mol. The van der Waals surface area contributed by atoms with Gasteiger partial charge in [0.2, 0.25) is 0 Å². The minimum absolute atomic E-state index is 0.135. The smallest absolute Gasteiger partial charge is 0.255 e. The summed E-state index contributed by atoms with van der Waals surface area (Å²) in [5.74, 6) is -2.71. The first kappa shape index (κ1) is 13.5. The van der Waals surface area contributed by atoms with E-state index in [0.29, 0.717) is 4.47 Å². The van der Waals surface area contributed by atoms with Gasteiger partial charge < -0.3 is 10.5 Å². The number of amides is 1. The third kappa shape index (κ3) is 2.90. The first-order valence-electron chi connectivity index (χ1n) is 5.20. The second-order valence-electron chi connectivity index (χ2n) is 3.65. The van der Waals surface area contributed by atoms with Crippen molar-refractivity contribution in [3.8, 4) is 11.5 Å². The van der Waals surface area contributed by atoms with Crippen molar-refractivity contribution in [2.75, 3.05) is 0 Å². The molecule has 1 amide bonds. The van der Waals surface area contributed by atoms with Crippen LogP contribution in [0.1, 0.15) is 10.4 Å². The van der Waals surface area contributed by atoms with Crippen LogP contribution < -0.4 is 10.5 Å². The fourth-order valence-corrected chi connectivity index (χ4v) is 1.84. The van der Waals surface area contributed by atoms with E-state index >= 15 is 0 Å². The summed E-state index contributed by atoms with van der Waals surface area (Å²) >= 11 is 3.16. The molecule has 0 aliphatic heterocycles. The maximum Gasteiger partial charge on any atom is 0.255 e. The van der Waals surface area contributed by atoms with Crippen LogP contribution >= 0.6 is 15.9 Å². The number of nitrogens with two attached hydrogens (primary N) is 1. The van der Waals surface area contributed by atoms with Gasteiger partial charge in [-0.2, -0.15) is 0 Å². The lowest BCUT2D eigenvalue weighted by molar-refractivity contribution is 0.0994. The molecule has 98 valence electrons. The van der Waals surface area contributed by atoms with Gasteiger partial charge in [0.15, 0.2) is 11.6 Å². The SMILES string of the molecule is NC(=O)c1c(F)cccc1Oc1cc(Br)ccc1F. The van der Waals surface area contributed by atoms with Crippen LogP contribution in [0.2, 0.25) is 0 Å². The average Bonchev–Trinajstić information content (AvgIpc) is 2.33. The number of ether oxygens (including phenoxy) is 1. The van der Waals surface area contributed by atoms with Crippen molar-refractivity contribution < 1.29 is 18.3 Å². The van der Waals surface area contributed by atoms with Gasteiger partial charge in [-0.3, -0.25) is 4.79 Å². The van der Waals surface area contributed by atoms with E-state index in [9.17, 15) is 13.6 Å². The Morgan fingerprint density at radius 1 is 1.11 bits per heavy atom. The average molecular weight is 328 g/mol. The van der Waals surface area contributed by atoms with Crippen molar-refractivity contribution in [3.05, 3.63) is 58.1 Å². The van der Waals surface area contributed by atoms with Crippen molar-refractivity contribution in [2.24, 2.45) is 5.73 Å². The Kier molecular flexibility index (Phi) is 3.80. The third-order valence-corrected chi connectivity index (χ3v) is 2.83. The van der Waals surface area contributed by atoms with Gasteiger partial charge in [-0.05, 0) is 30.3 Å². The van der Waals surface area contributed by atoms with Gasteiger partial charge >= 0.3 is 0 Å². The Morgan fingerprint density at radius 2 is 1.84 bits per heavy atom. The van der Waals surface area contributed by atoms with Crippen LogP contribution in [-0.2, 0) is 0 Å². The summed E-state index contributed by atoms with van der Waals surface area (Å²) in [5, 5.41) is 0. The molecule has 0 saturated heterocycles. The molecule has 2 aromatic rings. The minimum atomic E-state index is -0.983. The number of halogens is 3. The summed E-state index contributed by atoms with van der Waals surface area (Å²) in [6, 6.07) is 7.79. The number of hydrogen-bond donors (Lipinski definition) is 1. The Balaban J connectivity index is 2.46. The van der Waals surface area contributed by atoms with Crippen LogP contribution in [0, 0.1) is 11.6 Å². The predicted octanol–water partition coefficient (Wildman–Crippen LogP) is 3.62. The van der Waals surface area contributed by atoms with Crippen molar-refractivity contribution in [1.82, 2.24) is 0 Å². The zero-order chi connectivity index (χ0) is 14.0. The molecule has 2 rings (SSSR count). The molecule has 0 aliphatic carbocycles. The summed E-state index contributed by atoms with van der Waals surface area (Å²) in [4.78, 5) is 11.2. The predicted molar refractivity (Wildman–Crippen MR) is 69.1 cm³/mol. The second kappa shape index (κ2) is 5.36. The van der Waals surface area contributed by atoms with Crippen LogP contribution in [0.5, 0.6) is 11.5 Å². The number of hydrogen-bond acceptors (Lipinski definition) is 2. The van der Waals surface area contributed by atoms with E-state index in [-0.39, 0.29) is 11.5 Å². The molecule has 2 aromatic carbocycles. The van der Waals surface area contributed by atoms with Gasteiger partial charge in [-0.1, -0.05) is 22.0 Å². The Hall–Kier alpha value is -1.95. The molecule has 0 heterocycles. The van der Waals surface area contributed by atoms with Gasteiger partial charge in [0.25, 0.3) is 5.91 Å². The first-order chi connectivity index (χ1) is 8.99. The van der Waals surface area contributed by atoms with Crippen molar-refractivity contribution >= 4 is 21.8 Å². The Labute approximate surface area is 116 Å². The molecule has 0 unspecified atom stereocenters. The largest absolute Gasteiger partial charge is 0.453 e. The van der Waals surface area contributed by atoms with E-state index < -0.39 is 23.1 Å². The minimum Gasteiger partial charge on any atom is -0.453 e. The maximum atomic E-state index is 13.5. The van der Waals surface area contributed by atoms with Crippen molar-refractivity contribution in [2.45, 2.75) is 0 Å². The van der Waals surface area contributed by atoms with Gasteiger partial charge in [-0.25, -0.2) is 8.78 Å². The van der Waals surface area contributed by atoms with E-state index in [1.165, 1.54) is 30.3 Å². The van der Waals surface area contributed by atoms with Crippen LogP contribution in [0.15, 0.2) is 40.9 Å². The lowest BCUT2D eigenvalue weighted by Gasteiger charge is -2.10. The molecule has 3 nitrogen and oxygen atoms in total. The van der Waals surface area contributed by atoms with Crippen molar-refractivity contribution in [1.29, 1.82) is 0 Å². The number of benzene rings is 2. The summed E-state index contributed by atoms with van der Waals surface area (Å²) in [6.07, 6.45) is 0. The second-order valence-corrected chi connectivity index (χ2v) is 4.57. The summed E-state index contributed by atoms with van der Waals surface area (Å²) < 4.78 is 32.8. The maximum absolute atomic E-state index is 13.5. The lowest BCUT2D eigenvalue weighted by atomic mass is 10.2. The molecule has 0 aromatic heterocycles. The third-order valence-electron chi connectivity index (χ3n) is 2.33. The number of rotatable bonds is 3. The molecule has 0 bridgehead atoms. The normalized spacial score (nSPS) is 10.3. The molecule has 0 spiro atoms. The highest BCUT2D eigenvalue weighted by atomic mass is 79.9. The quantitative estimate of drug-likeness (QED) is 0.936. The Morgan fingerprint density at radius 3 is 2.53 bits per heavy atom. The van der Waals surface area contributed by atoms with Crippen LogP contribution in [0.25, 0.3) is 0 Å². The van der Waals surface area contributed by atoms with Crippen LogP contribution in [0.3, 0.4) is 0 Å². The van der Waals surface area contributed by atoms with Gasteiger partial charge in [0, 0.05) is 4.47 Å². The zero-order valence-electron chi connectivity index (χ0n) is 9.49. The molecular formula is C13H8BrF2NO2. The van der Waals surface area contributed by atoms with Gasteiger partial charge in [0.1, 0.15) is 17.1 Å². The highest BCUT2D eigenvalue weighted by Crippen LogP contribution is 2.30. The van der Waals surface area contributed by atoms with Crippen molar-refractivity contribution in [3.63, 3.8) is 0 Å². The highest BCUT2D eigenvalue weighted by molar-refractivity contribution is 9.10. The molecule has 19 heavy (non-hydrogen) atoms. The van der Waals surface area contributed by atoms with E-state index in [0.717, 1.165) is 6.07 Å². The number of carbonyl (C=O) groups excluding carboxylic acids is 1. The van der Waals surface area contributed by atoms with Crippen LogP contribution in [0.4, 0.5) is 8.78 Å². The first-order valence-corrected chi connectivity index (χ1v) is 5.99. The highest BCUT2D eigenvalue weighted by Gasteiger charge is 2.17. The molecule has 6 heteroatoms. The standard InChI is InChI=1S/C13H8BrF2NO2/c14-7-4-5-8(15)11(6-7)19-10-3-1-2-9(16)12(10)13(17)18/h1-6H,(H2,17,18). The van der Waals surface area contributed by atoms with Crippen LogP contribution in [-0.4, -0.2) is 5.91 Å². The Bertz CT molecular complexity index is 647. The molecule has 0 saturated carbocycles. The lowest BCUT2D eigenvalue weighted by Crippen LogP contribution is -2.14. The monoisotopic (exact) mass is 327 g/mol. The summed E-state index contributed by atoms with van der Waals surface area (Å²) in [5.41, 5.74) is 4.66. The summed E-state index contributed by atoms with van der Waals surface area (Å²) in [7, 11) is 0. The fraction of sp³-hybridized carbons (Fsp3) is 0. The molecule has 0 radical (unpaired) electrons. The van der Waals surface area contributed by atoms with E-state index in [4.69, 9.17) is 10.5 Å².